The van der Waals surface area contributed by atoms with Crippen molar-refractivity contribution in [3.8, 4) is 5.75 Å². The van der Waals surface area contributed by atoms with E-state index in [1.807, 2.05) is 0 Å². The lowest BCUT2D eigenvalue weighted by Crippen LogP contribution is -2.58. The molecule has 3 aromatic carbocycles. The maximum Gasteiger partial charge on any atom is 0.118 e. The first kappa shape index (κ1) is 17.7. The summed E-state index contributed by atoms with van der Waals surface area (Å²) in [5.74, 6) is 0.922. The molecule has 138 valence electrons. The molecular weight excluding hydrogens is 330 g/mol. The van der Waals surface area contributed by atoms with Crippen molar-refractivity contribution in [2.75, 3.05) is 25.1 Å². The average Bonchev–Trinajstić information content (AvgIpc) is 2.68. The van der Waals surface area contributed by atoms with Gasteiger partial charge in [0.1, 0.15) is 5.75 Å². The van der Waals surface area contributed by atoms with Gasteiger partial charge in [-0.2, -0.15) is 0 Å². The third kappa shape index (κ3) is 4.00. The van der Waals surface area contributed by atoms with Gasteiger partial charge < -0.3 is 9.64 Å². The molecule has 0 radical (unpaired) electrons. The molecular formula is C25H27NO. The third-order valence-corrected chi connectivity index (χ3v) is 5.61. The first-order chi connectivity index (χ1) is 13.2. The molecule has 1 saturated heterocycles. The van der Waals surface area contributed by atoms with E-state index >= 15 is 0 Å². The number of nitrogens with zero attached hydrogens (tertiary/aromatic N) is 1. The van der Waals surface area contributed by atoms with Gasteiger partial charge in [0, 0.05) is 24.2 Å². The van der Waals surface area contributed by atoms with Gasteiger partial charge >= 0.3 is 0 Å². The van der Waals surface area contributed by atoms with Gasteiger partial charge in [-0.05, 0) is 55.2 Å². The highest BCUT2D eigenvalue weighted by molar-refractivity contribution is 5.50. The molecule has 0 saturated carbocycles. The summed E-state index contributed by atoms with van der Waals surface area (Å²) in [7, 11) is 1.72. The van der Waals surface area contributed by atoms with Crippen molar-refractivity contribution in [3.63, 3.8) is 0 Å². The molecule has 3 aromatic rings. The van der Waals surface area contributed by atoms with E-state index in [0.717, 1.165) is 31.7 Å². The van der Waals surface area contributed by atoms with Gasteiger partial charge in [-0.3, -0.25) is 0 Å². The number of methoxy groups -OCH3 is 1. The molecule has 4 rings (SSSR count). The number of aryl methyl sites for hydroxylation is 1. The van der Waals surface area contributed by atoms with E-state index in [-0.39, 0.29) is 5.41 Å². The Morgan fingerprint density at radius 2 is 1.33 bits per heavy atom. The SMILES string of the molecule is COc1ccc(CC2(Cc3ccc(C)cc3)CN(c3ccccc3)C2)cc1. The number of ether oxygens (including phenoxy) is 1. The fourth-order valence-corrected chi connectivity index (χ4v) is 4.19. The van der Waals surface area contributed by atoms with Gasteiger partial charge in [0.05, 0.1) is 7.11 Å². The topological polar surface area (TPSA) is 12.5 Å². The molecule has 1 aliphatic rings. The Bertz CT molecular complexity index is 862. The Kier molecular flexibility index (Phi) is 4.89. The summed E-state index contributed by atoms with van der Waals surface area (Å²) in [4.78, 5) is 2.50. The van der Waals surface area contributed by atoms with Gasteiger partial charge in [0.25, 0.3) is 0 Å². The first-order valence-electron chi connectivity index (χ1n) is 9.64. The second-order valence-electron chi connectivity index (χ2n) is 7.88. The second kappa shape index (κ2) is 7.48. The molecule has 0 atom stereocenters. The molecule has 1 fully saturated rings. The molecule has 1 aliphatic heterocycles. The van der Waals surface area contributed by atoms with Crippen LogP contribution in [0.25, 0.3) is 0 Å². The molecule has 0 bridgehead atoms. The van der Waals surface area contributed by atoms with Crippen LogP contribution in [0.3, 0.4) is 0 Å². The van der Waals surface area contributed by atoms with Crippen LogP contribution in [0.1, 0.15) is 16.7 Å². The molecule has 0 N–H and O–H groups in total. The highest BCUT2D eigenvalue weighted by Crippen LogP contribution is 2.40. The second-order valence-corrected chi connectivity index (χ2v) is 7.88. The van der Waals surface area contributed by atoms with Crippen LogP contribution in [-0.4, -0.2) is 20.2 Å². The van der Waals surface area contributed by atoms with Crippen LogP contribution in [0.5, 0.6) is 5.75 Å². The van der Waals surface area contributed by atoms with E-state index in [0.29, 0.717) is 0 Å². The fraction of sp³-hybridized carbons (Fsp3) is 0.280. The predicted octanol–water partition coefficient (Wildman–Crippen LogP) is 5.30. The van der Waals surface area contributed by atoms with Crippen molar-refractivity contribution in [2.24, 2.45) is 5.41 Å². The van der Waals surface area contributed by atoms with Crippen LogP contribution >= 0.6 is 0 Å². The molecule has 0 aliphatic carbocycles. The van der Waals surface area contributed by atoms with E-state index in [2.05, 4.69) is 90.7 Å². The fourth-order valence-electron chi connectivity index (χ4n) is 4.19. The molecule has 0 aromatic heterocycles. The van der Waals surface area contributed by atoms with Crippen LogP contribution in [0.2, 0.25) is 0 Å². The number of rotatable bonds is 6. The Labute approximate surface area is 162 Å². The summed E-state index contributed by atoms with van der Waals surface area (Å²) in [6.07, 6.45) is 2.21. The van der Waals surface area contributed by atoms with E-state index in [1.165, 1.54) is 22.4 Å². The predicted molar refractivity (Wildman–Crippen MR) is 113 cm³/mol. The minimum atomic E-state index is 0.277. The minimum Gasteiger partial charge on any atom is -0.497 e. The summed E-state index contributed by atoms with van der Waals surface area (Å²) >= 11 is 0. The van der Waals surface area contributed by atoms with Crippen molar-refractivity contribution < 1.29 is 4.74 Å². The number of hydrogen-bond acceptors (Lipinski definition) is 2. The van der Waals surface area contributed by atoms with E-state index in [4.69, 9.17) is 4.74 Å². The number of benzene rings is 3. The molecule has 0 spiro atoms. The molecule has 2 nitrogen and oxygen atoms in total. The summed E-state index contributed by atoms with van der Waals surface area (Å²) in [6, 6.07) is 28.3. The van der Waals surface area contributed by atoms with Gasteiger partial charge in [-0.1, -0.05) is 60.2 Å². The van der Waals surface area contributed by atoms with E-state index in [1.54, 1.807) is 7.11 Å². The lowest BCUT2D eigenvalue weighted by Gasteiger charge is -2.52. The zero-order chi connectivity index (χ0) is 18.7. The average molecular weight is 357 g/mol. The Hall–Kier alpha value is -2.74. The zero-order valence-corrected chi connectivity index (χ0v) is 16.2. The van der Waals surface area contributed by atoms with Crippen molar-refractivity contribution >= 4 is 5.69 Å². The zero-order valence-electron chi connectivity index (χ0n) is 16.2. The van der Waals surface area contributed by atoms with E-state index in [9.17, 15) is 0 Å². The van der Waals surface area contributed by atoms with Gasteiger partial charge in [0.15, 0.2) is 0 Å². The van der Waals surface area contributed by atoms with Crippen molar-refractivity contribution in [1.29, 1.82) is 0 Å². The molecule has 1 heterocycles. The maximum absolute atomic E-state index is 5.31. The Morgan fingerprint density at radius 1 is 0.778 bits per heavy atom. The van der Waals surface area contributed by atoms with Crippen molar-refractivity contribution in [3.05, 3.63) is 95.6 Å². The number of anilines is 1. The van der Waals surface area contributed by atoms with Crippen LogP contribution in [0, 0.1) is 12.3 Å². The van der Waals surface area contributed by atoms with Gasteiger partial charge in [-0.15, -0.1) is 0 Å². The lowest BCUT2D eigenvalue weighted by atomic mass is 9.70. The normalized spacial score (nSPS) is 15.3. The summed E-state index contributed by atoms with van der Waals surface area (Å²) in [6.45, 7) is 4.34. The van der Waals surface area contributed by atoms with Crippen molar-refractivity contribution in [1.82, 2.24) is 0 Å². The molecule has 27 heavy (non-hydrogen) atoms. The monoisotopic (exact) mass is 357 g/mol. The quantitative estimate of drug-likeness (QED) is 0.594. The van der Waals surface area contributed by atoms with E-state index < -0.39 is 0 Å². The Morgan fingerprint density at radius 3 is 1.89 bits per heavy atom. The third-order valence-electron chi connectivity index (χ3n) is 5.61. The van der Waals surface area contributed by atoms with Crippen LogP contribution in [0.15, 0.2) is 78.9 Å². The smallest absolute Gasteiger partial charge is 0.118 e. The van der Waals surface area contributed by atoms with Crippen LogP contribution in [-0.2, 0) is 12.8 Å². The maximum atomic E-state index is 5.31. The van der Waals surface area contributed by atoms with Crippen molar-refractivity contribution in [2.45, 2.75) is 19.8 Å². The highest BCUT2D eigenvalue weighted by atomic mass is 16.5. The summed E-state index contributed by atoms with van der Waals surface area (Å²) in [5, 5.41) is 0. The number of para-hydroxylation sites is 1. The first-order valence-corrected chi connectivity index (χ1v) is 9.64. The summed E-state index contributed by atoms with van der Waals surface area (Å²) < 4.78 is 5.31. The van der Waals surface area contributed by atoms with Gasteiger partial charge in [-0.25, -0.2) is 0 Å². The van der Waals surface area contributed by atoms with Crippen LogP contribution < -0.4 is 9.64 Å². The highest BCUT2D eigenvalue weighted by Gasteiger charge is 2.43. The largest absolute Gasteiger partial charge is 0.497 e. The molecule has 0 unspecified atom stereocenters. The van der Waals surface area contributed by atoms with Gasteiger partial charge in [0.2, 0.25) is 0 Å². The number of hydrogen-bond donors (Lipinski definition) is 0. The minimum absolute atomic E-state index is 0.277. The molecule has 2 heteroatoms. The summed E-state index contributed by atoms with van der Waals surface area (Å²) in [5.41, 5.74) is 5.74. The lowest BCUT2D eigenvalue weighted by molar-refractivity contribution is 0.209. The van der Waals surface area contributed by atoms with Crippen LogP contribution in [0.4, 0.5) is 5.69 Å². The Balaban J connectivity index is 1.54. The standard InChI is InChI=1S/C25H27NO/c1-20-8-10-21(11-9-20)16-25(17-22-12-14-24(27-2)15-13-22)18-26(19-25)23-6-4-3-5-7-23/h3-15H,16-19H2,1-2H3. The molecule has 0 amide bonds.